The first-order valence-corrected chi connectivity index (χ1v) is 7.31. The molecule has 1 aromatic rings. The summed E-state index contributed by atoms with van der Waals surface area (Å²) in [5.74, 6) is 0.0616. The average molecular weight is 277 g/mol. The van der Waals surface area contributed by atoms with Crippen LogP contribution in [0.2, 0.25) is 0 Å². The molecule has 3 nitrogen and oxygen atoms in total. The Bertz CT molecular complexity index is 456. The summed E-state index contributed by atoms with van der Waals surface area (Å²) in [7, 11) is 1.44. The number of nitrogens with one attached hydrogen (secondary N) is 1. The number of hydrogen-bond donors (Lipinski definition) is 1. The van der Waals surface area contributed by atoms with Crippen LogP contribution in [0.1, 0.15) is 49.9 Å². The molecular weight excluding hydrogens is 250 g/mol. The minimum Gasteiger partial charge on any atom is -0.468 e. The van der Waals surface area contributed by atoms with Gasteiger partial charge in [-0.25, -0.2) is 0 Å². The van der Waals surface area contributed by atoms with Crippen molar-refractivity contribution in [1.82, 2.24) is 5.32 Å². The lowest BCUT2D eigenvalue weighted by atomic mass is 9.96. The Labute approximate surface area is 122 Å². The summed E-state index contributed by atoms with van der Waals surface area (Å²) < 4.78 is 4.91. The minimum absolute atomic E-state index is 0.118. The summed E-state index contributed by atoms with van der Waals surface area (Å²) in [5.41, 5.74) is 3.76. The Morgan fingerprint density at radius 2 is 1.90 bits per heavy atom. The van der Waals surface area contributed by atoms with Gasteiger partial charge in [0.25, 0.3) is 0 Å². The van der Waals surface area contributed by atoms with E-state index in [1.165, 1.54) is 23.8 Å². The normalized spacial score (nSPS) is 15.5. The Kier molecular flexibility index (Phi) is 6.21. The molecule has 0 saturated heterocycles. The second-order valence-electron chi connectivity index (χ2n) is 5.62. The van der Waals surface area contributed by atoms with Crippen molar-refractivity contribution in [2.45, 2.75) is 53.1 Å². The predicted molar refractivity (Wildman–Crippen MR) is 82.7 cm³/mol. The van der Waals surface area contributed by atoms with Gasteiger partial charge in [-0.1, -0.05) is 38.5 Å². The van der Waals surface area contributed by atoms with E-state index in [4.69, 9.17) is 4.74 Å². The van der Waals surface area contributed by atoms with Crippen molar-refractivity contribution in [2.24, 2.45) is 5.92 Å². The molecule has 0 spiro atoms. The van der Waals surface area contributed by atoms with Crippen LogP contribution in [0, 0.1) is 19.8 Å². The zero-order valence-corrected chi connectivity index (χ0v) is 13.5. The fraction of sp³-hybridized carbons (Fsp3) is 0.588. The van der Waals surface area contributed by atoms with Gasteiger partial charge < -0.3 is 4.74 Å². The van der Waals surface area contributed by atoms with Gasteiger partial charge in [-0.2, -0.15) is 0 Å². The van der Waals surface area contributed by atoms with Gasteiger partial charge in [0.15, 0.2) is 0 Å². The number of hydrogen-bond acceptors (Lipinski definition) is 3. The number of carbonyl (C=O) groups excluding carboxylic acids is 1. The van der Waals surface area contributed by atoms with Gasteiger partial charge in [-0.15, -0.1) is 0 Å². The van der Waals surface area contributed by atoms with E-state index in [0.717, 1.165) is 6.42 Å². The lowest BCUT2D eigenvalue weighted by molar-refractivity contribution is -0.144. The third-order valence-electron chi connectivity index (χ3n) is 4.13. The molecule has 0 aliphatic rings. The lowest BCUT2D eigenvalue weighted by Gasteiger charge is -2.26. The van der Waals surface area contributed by atoms with Crippen molar-refractivity contribution in [3.63, 3.8) is 0 Å². The van der Waals surface area contributed by atoms with Gasteiger partial charge in [0.1, 0.15) is 6.04 Å². The van der Waals surface area contributed by atoms with Crippen molar-refractivity contribution < 1.29 is 9.53 Å². The topological polar surface area (TPSA) is 38.3 Å². The van der Waals surface area contributed by atoms with Crippen LogP contribution in [0.5, 0.6) is 0 Å². The number of methoxy groups -OCH3 is 1. The molecule has 1 N–H and O–H groups in total. The third-order valence-corrected chi connectivity index (χ3v) is 4.13. The van der Waals surface area contributed by atoms with E-state index in [1.54, 1.807) is 0 Å². The molecule has 0 aromatic heterocycles. The highest BCUT2D eigenvalue weighted by molar-refractivity contribution is 5.76. The van der Waals surface area contributed by atoms with Crippen molar-refractivity contribution in [3.05, 3.63) is 34.9 Å². The van der Waals surface area contributed by atoms with Gasteiger partial charge in [0.2, 0.25) is 0 Å². The van der Waals surface area contributed by atoms with Crippen LogP contribution < -0.4 is 5.32 Å². The third kappa shape index (κ3) is 4.07. The smallest absolute Gasteiger partial charge is 0.323 e. The van der Waals surface area contributed by atoms with E-state index < -0.39 is 0 Å². The van der Waals surface area contributed by atoms with Crippen LogP contribution in [0.25, 0.3) is 0 Å². The largest absolute Gasteiger partial charge is 0.468 e. The standard InChI is InChI=1S/C17H27NO2/c1-7-11(2)16(17(19)20-6)18-14(5)15-9-8-12(3)13(4)10-15/h8-11,14,16,18H,7H2,1-6H3. The molecule has 3 atom stereocenters. The van der Waals surface area contributed by atoms with E-state index >= 15 is 0 Å². The Morgan fingerprint density at radius 1 is 1.25 bits per heavy atom. The molecule has 112 valence electrons. The van der Waals surface area contributed by atoms with Gasteiger partial charge in [-0.3, -0.25) is 10.1 Å². The number of aryl methyl sites for hydroxylation is 2. The van der Waals surface area contributed by atoms with Crippen LogP contribution in [-0.2, 0) is 9.53 Å². The van der Waals surface area contributed by atoms with Crippen LogP contribution in [0.15, 0.2) is 18.2 Å². The molecule has 0 amide bonds. The number of carbonyl (C=O) groups is 1. The van der Waals surface area contributed by atoms with Gasteiger partial charge >= 0.3 is 5.97 Å². The summed E-state index contributed by atoms with van der Waals surface area (Å²) in [5, 5.41) is 3.41. The number of ether oxygens (including phenoxy) is 1. The summed E-state index contributed by atoms with van der Waals surface area (Å²) >= 11 is 0. The molecule has 20 heavy (non-hydrogen) atoms. The Balaban J connectivity index is 2.86. The highest BCUT2D eigenvalue weighted by Crippen LogP contribution is 2.19. The molecule has 0 bridgehead atoms. The quantitative estimate of drug-likeness (QED) is 0.808. The molecule has 0 aliphatic carbocycles. The molecule has 3 heteroatoms. The van der Waals surface area contributed by atoms with Crippen LogP contribution in [0.3, 0.4) is 0 Å². The fourth-order valence-electron chi connectivity index (χ4n) is 2.23. The molecule has 0 saturated carbocycles. The highest BCUT2D eigenvalue weighted by Gasteiger charge is 2.26. The summed E-state index contributed by atoms with van der Waals surface area (Å²) in [6.45, 7) is 10.5. The molecule has 1 rings (SSSR count). The first-order chi connectivity index (χ1) is 9.40. The van der Waals surface area contributed by atoms with Crippen LogP contribution in [-0.4, -0.2) is 19.1 Å². The summed E-state index contributed by atoms with van der Waals surface area (Å²) in [6, 6.07) is 6.27. The van der Waals surface area contributed by atoms with Crippen LogP contribution >= 0.6 is 0 Å². The van der Waals surface area contributed by atoms with E-state index in [-0.39, 0.29) is 24.0 Å². The van der Waals surface area contributed by atoms with Crippen molar-refractivity contribution in [1.29, 1.82) is 0 Å². The summed E-state index contributed by atoms with van der Waals surface area (Å²) in [4.78, 5) is 11.9. The average Bonchev–Trinajstić information content (AvgIpc) is 2.45. The molecule has 1 aromatic carbocycles. The maximum Gasteiger partial charge on any atom is 0.323 e. The van der Waals surface area contributed by atoms with Gasteiger partial charge in [-0.05, 0) is 43.4 Å². The SMILES string of the molecule is CCC(C)C(NC(C)c1ccc(C)c(C)c1)C(=O)OC. The number of esters is 1. The molecule has 0 fully saturated rings. The van der Waals surface area contributed by atoms with Crippen molar-refractivity contribution in [2.75, 3.05) is 7.11 Å². The molecule has 3 unspecified atom stereocenters. The first kappa shape index (κ1) is 16.7. The predicted octanol–water partition coefficient (Wildman–Crippen LogP) is 3.54. The monoisotopic (exact) mass is 277 g/mol. The van der Waals surface area contributed by atoms with E-state index in [1.807, 2.05) is 0 Å². The van der Waals surface area contributed by atoms with E-state index in [9.17, 15) is 4.79 Å². The molecule has 0 aliphatic heterocycles. The Hall–Kier alpha value is -1.35. The minimum atomic E-state index is -0.262. The maximum absolute atomic E-state index is 11.9. The highest BCUT2D eigenvalue weighted by atomic mass is 16.5. The van der Waals surface area contributed by atoms with Crippen molar-refractivity contribution >= 4 is 5.97 Å². The molecule has 0 radical (unpaired) electrons. The van der Waals surface area contributed by atoms with Gasteiger partial charge in [0.05, 0.1) is 7.11 Å². The van der Waals surface area contributed by atoms with Crippen LogP contribution in [0.4, 0.5) is 0 Å². The first-order valence-electron chi connectivity index (χ1n) is 7.31. The van der Waals surface area contributed by atoms with E-state index in [0.29, 0.717) is 0 Å². The zero-order chi connectivity index (χ0) is 15.3. The second kappa shape index (κ2) is 7.44. The lowest BCUT2D eigenvalue weighted by Crippen LogP contribution is -2.43. The number of rotatable bonds is 6. The fourth-order valence-corrected chi connectivity index (χ4v) is 2.23. The number of benzene rings is 1. The van der Waals surface area contributed by atoms with Gasteiger partial charge in [0, 0.05) is 6.04 Å². The zero-order valence-electron chi connectivity index (χ0n) is 13.5. The second-order valence-corrected chi connectivity index (χ2v) is 5.62. The molecular formula is C17H27NO2. The van der Waals surface area contributed by atoms with Crippen molar-refractivity contribution in [3.8, 4) is 0 Å². The van der Waals surface area contributed by atoms with E-state index in [2.05, 4.69) is 58.1 Å². The Morgan fingerprint density at radius 3 is 2.40 bits per heavy atom. The maximum atomic E-state index is 11.9. The molecule has 0 heterocycles. The summed E-state index contributed by atoms with van der Waals surface area (Å²) in [6.07, 6.45) is 0.937.